The van der Waals surface area contributed by atoms with Crippen molar-refractivity contribution in [2.45, 2.75) is 31.6 Å². The highest BCUT2D eigenvalue weighted by molar-refractivity contribution is 7.98. The molecular formula is C30H33N5O2S. The maximum atomic E-state index is 13.4. The van der Waals surface area contributed by atoms with Crippen LogP contribution in [0.3, 0.4) is 0 Å². The second-order valence-corrected chi connectivity index (χ2v) is 9.31. The zero-order valence-electron chi connectivity index (χ0n) is 22.0. The van der Waals surface area contributed by atoms with E-state index >= 15 is 0 Å². The van der Waals surface area contributed by atoms with Gasteiger partial charge in [-0.05, 0) is 50.6 Å². The third-order valence-corrected chi connectivity index (χ3v) is 6.87. The van der Waals surface area contributed by atoms with E-state index in [-0.39, 0.29) is 6.61 Å². The summed E-state index contributed by atoms with van der Waals surface area (Å²) in [6.45, 7) is 7.68. The minimum atomic E-state index is -0.442. The van der Waals surface area contributed by atoms with Gasteiger partial charge in [0.2, 0.25) is 5.96 Å². The number of hydrogen-bond acceptors (Lipinski definition) is 5. The Bertz CT molecular complexity index is 1340. The summed E-state index contributed by atoms with van der Waals surface area (Å²) in [5.74, 6) is 1.27. The SMILES string of the molecule is CCOC(=O)c1c(SCc2ccccc2)nn(-c2ccccc2)c1/N=C(\Nc1ccccc1)N(CC)CC. The van der Waals surface area contributed by atoms with Gasteiger partial charge in [0.25, 0.3) is 0 Å². The molecule has 38 heavy (non-hydrogen) atoms. The molecule has 0 radical (unpaired) electrons. The van der Waals surface area contributed by atoms with Crippen LogP contribution in [0.15, 0.2) is 101 Å². The van der Waals surface area contributed by atoms with Crippen molar-refractivity contribution in [2.24, 2.45) is 4.99 Å². The summed E-state index contributed by atoms with van der Waals surface area (Å²) < 4.78 is 7.25. The van der Waals surface area contributed by atoms with E-state index in [1.807, 2.05) is 78.9 Å². The van der Waals surface area contributed by atoms with Crippen molar-refractivity contribution in [1.82, 2.24) is 14.7 Å². The maximum absolute atomic E-state index is 13.4. The third kappa shape index (κ3) is 6.63. The standard InChI is InChI=1S/C30H33N5O2S/c1-4-34(5-2)30(31-24-18-12-8-13-19-24)32-27-26(29(36)37-6-3)28(38-22-23-16-10-7-11-17-23)33-35(27)25-20-14-9-15-21-25/h7-21H,4-6,22H2,1-3H3,(H,31,32). The lowest BCUT2D eigenvalue weighted by Gasteiger charge is -2.24. The summed E-state index contributed by atoms with van der Waals surface area (Å²) in [5, 5.41) is 8.92. The number of esters is 1. The van der Waals surface area contributed by atoms with Crippen LogP contribution in [0.25, 0.3) is 5.69 Å². The van der Waals surface area contributed by atoms with Crippen LogP contribution in [0.2, 0.25) is 0 Å². The number of aliphatic imine (C=N–C) groups is 1. The van der Waals surface area contributed by atoms with Crippen LogP contribution in [-0.2, 0) is 10.5 Å². The summed E-state index contributed by atoms with van der Waals surface area (Å²) in [4.78, 5) is 20.6. The molecule has 7 nitrogen and oxygen atoms in total. The average Bonchev–Trinajstić information content (AvgIpc) is 3.32. The molecule has 0 fully saturated rings. The smallest absolute Gasteiger partial charge is 0.344 e. The van der Waals surface area contributed by atoms with Crippen LogP contribution >= 0.6 is 11.8 Å². The van der Waals surface area contributed by atoms with Crippen molar-refractivity contribution in [3.05, 3.63) is 102 Å². The van der Waals surface area contributed by atoms with Gasteiger partial charge in [-0.15, -0.1) is 0 Å². The van der Waals surface area contributed by atoms with Gasteiger partial charge in [-0.3, -0.25) is 0 Å². The number of rotatable bonds is 10. The zero-order valence-corrected chi connectivity index (χ0v) is 22.8. The fourth-order valence-electron chi connectivity index (χ4n) is 3.90. The molecule has 0 amide bonds. The number of benzene rings is 3. The average molecular weight is 528 g/mol. The fourth-order valence-corrected chi connectivity index (χ4v) is 4.86. The molecular weight excluding hydrogens is 494 g/mol. The number of hydrogen-bond donors (Lipinski definition) is 1. The van der Waals surface area contributed by atoms with Crippen molar-refractivity contribution in [2.75, 3.05) is 25.0 Å². The molecule has 1 aromatic heterocycles. The van der Waals surface area contributed by atoms with Gasteiger partial charge in [0, 0.05) is 24.5 Å². The van der Waals surface area contributed by atoms with Crippen LogP contribution in [0.4, 0.5) is 11.5 Å². The maximum Gasteiger partial charge on any atom is 0.344 e. The second-order valence-electron chi connectivity index (χ2n) is 8.34. The number of thioether (sulfide) groups is 1. The molecule has 1 N–H and O–H groups in total. The normalized spacial score (nSPS) is 11.3. The van der Waals surface area contributed by atoms with Gasteiger partial charge < -0.3 is 15.0 Å². The molecule has 0 aliphatic rings. The number of carbonyl (C=O) groups is 1. The number of guanidine groups is 1. The lowest BCUT2D eigenvalue weighted by Crippen LogP contribution is -2.36. The number of para-hydroxylation sites is 2. The quantitative estimate of drug-likeness (QED) is 0.106. The molecule has 196 valence electrons. The molecule has 0 atom stereocenters. The molecule has 8 heteroatoms. The van der Waals surface area contributed by atoms with E-state index in [0.29, 0.717) is 28.1 Å². The number of aromatic nitrogens is 2. The number of nitrogens with zero attached hydrogens (tertiary/aromatic N) is 4. The van der Waals surface area contributed by atoms with E-state index in [9.17, 15) is 4.79 Å². The van der Waals surface area contributed by atoms with Crippen LogP contribution < -0.4 is 5.32 Å². The Morgan fingerprint density at radius 2 is 1.53 bits per heavy atom. The lowest BCUT2D eigenvalue weighted by molar-refractivity contribution is 0.0523. The Morgan fingerprint density at radius 3 is 2.13 bits per heavy atom. The molecule has 0 bridgehead atoms. The predicted molar refractivity (Wildman–Crippen MR) is 156 cm³/mol. The number of ether oxygens (including phenoxy) is 1. The van der Waals surface area contributed by atoms with E-state index < -0.39 is 5.97 Å². The van der Waals surface area contributed by atoms with Gasteiger partial charge >= 0.3 is 5.97 Å². The first kappa shape index (κ1) is 27.0. The zero-order chi connectivity index (χ0) is 26.7. The topological polar surface area (TPSA) is 71.7 Å². The Labute approximate surface area is 228 Å². The van der Waals surface area contributed by atoms with Crippen LogP contribution in [0.5, 0.6) is 0 Å². The highest BCUT2D eigenvalue weighted by Gasteiger charge is 2.27. The first-order valence-corrected chi connectivity index (χ1v) is 13.8. The Morgan fingerprint density at radius 1 is 0.921 bits per heavy atom. The molecule has 0 aliphatic carbocycles. The third-order valence-electron chi connectivity index (χ3n) is 5.83. The Hall–Kier alpha value is -4.04. The first-order valence-electron chi connectivity index (χ1n) is 12.8. The Balaban J connectivity index is 1.88. The van der Waals surface area contributed by atoms with E-state index in [1.165, 1.54) is 11.8 Å². The largest absolute Gasteiger partial charge is 0.462 e. The molecule has 0 saturated heterocycles. The van der Waals surface area contributed by atoms with E-state index in [4.69, 9.17) is 14.8 Å². The first-order chi connectivity index (χ1) is 18.6. The molecule has 0 spiro atoms. The molecule has 4 aromatic rings. The van der Waals surface area contributed by atoms with Crippen LogP contribution in [0.1, 0.15) is 36.7 Å². The van der Waals surface area contributed by atoms with Crippen molar-refractivity contribution in [3.63, 3.8) is 0 Å². The molecule has 1 heterocycles. The number of nitrogens with one attached hydrogen (secondary N) is 1. The van der Waals surface area contributed by atoms with E-state index in [2.05, 4.69) is 36.2 Å². The van der Waals surface area contributed by atoms with Gasteiger partial charge in [0.1, 0.15) is 10.6 Å². The van der Waals surface area contributed by atoms with Gasteiger partial charge in [-0.1, -0.05) is 78.5 Å². The minimum absolute atomic E-state index is 0.256. The van der Waals surface area contributed by atoms with Gasteiger partial charge in [0.15, 0.2) is 5.82 Å². The van der Waals surface area contributed by atoms with E-state index in [0.717, 1.165) is 30.0 Å². The van der Waals surface area contributed by atoms with Gasteiger partial charge in [-0.2, -0.15) is 10.1 Å². The Kier molecular flexibility index (Phi) is 9.59. The molecule has 0 unspecified atom stereocenters. The summed E-state index contributed by atoms with van der Waals surface area (Å²) in [6, 6.07) is 29.8. The highest BCUT2D eigenvalue weighted by Crippen LogP contribution is 2.35. The summed E-state index contributed by atoms with van der Waals surface area (Å²) in [6.07, 6.45) is 0. The summed E-state index contributed by atoms with van der Waals surface area (Å²) in [5.41, 5.74) is 3.21. The minimum Gasteiger partial charge on any atom is -0.462 e. The van der Waals surface area contributed by atoms with Crippen LogP contribution in [0, 0.1) is 0 Å². The highest BCUT2D eigenvalue weighted by atomic mass is 32.2. The van der Waals surface area contributed by atoms with E-state index in [1.54, 1.807) is 11.6 Å². The number of anilines is 1. The number of carbonyl (C=O) groups excluding carboxylic acids is 1. The second kappa shape index (κ2) is 13.5. The van der Waals surface area contributed by atoms with Crippen molar-refractivity contribution >= 4 is 35.2 Å². The fraction of sp³-hybridized carbons (Fsp3) is 0.233. The molecule has 0 aliphatic heterocycles. The van der Waals surface area contributed by atoms with Gasteiger partial charge in [0.05, 0.1) is 12.3 Å². The predicted octanol–water partition coefficient (Wildman–Crippen LogP) is 6.78. The van der Waals surface area contributed by atoms with Crippen molar-refractivity contribution in [3.8, 4) is 5.69 Å². The molecule has 3 aromatic carbocycles. The van der Waals surface area contributed by atoms with Crippen molar-refractivity contribution < 1.29 is 9.53 Å². The van der Waals surface area contributed by atoms with Gasteiger partial charge in [-0.25, -0.2) is 9.48 Å². The van der Waals surface area contributed by atoms with Crippen LogP contribution in [-0.4, -0.2) is 46.3 Å². The summed E-state index contributed by atoms with van der Waals surface area (Å²) >= 11 is 1.50. The lowest BCUT2D eigenvalue weighted by atomic mass is 10.2. The molecule has 4 rings (SSSR count). The monoisotopic (exact) mass is 527 g/mol. The summed E-state index contributed by atoms with van der Waals surface area (Å²) in [7, 11) is 0. The van der Waals surface area contributed by atoms with Crippen molar-refractivity contribution in [1.29, 1.82) is 0 Å². The molecule has 0 saturated carbocycles.